The molecule has 0 spiro atoms. The molecule has 0 saturated heterocycles. The molecule has 0 bridgehead atoms. The molecule has 2 rings (SSSR count). The maximum Gasteiger partial charge on any atom is 0.157 e. The van der Waals surface area contributed by atoms with Crippen LogP contribution in [0.3, 0.4) is 0 Å². The van der Waals surface area contributed by atoms with Crippen molar-refractivity contribution in [1.82, 2.24) is 0 Å². The summed E-state index contributed by atoms with van der Waals surface area (Å²) in [7, 11) is 0. The Balaban J connectivity index is 2.19. The molecule has 0 radical (unpaired) electrons. The molecule has 2 N–H and O–H groups in total. The van der Waals surface area contributed by atoms with E-state index in [1.165, 1.54) is 12.1 Å². The summed E-state index contributed by atoms with van der Waals surface area (Å²) in [5.41, 5.74) is 6.77. The van der Waals surface area contributed by atoms with Crippen LogP contribution in [0.1, 0.15) is 5.56 Å². The Morgan fingerprint density at radius 1 is 1.21 bits per heavy atom. The van der Waals surface area contributed by atoms with Gasteiger partial charge in [0, 0.05) is 21.1 Å². The summed E-state index contributed by atoms with van der Waals surface area (Å²) in [5, 5.41) is 0.589. The first-order valence-electron chi connectivity index (χ1n) is 5.28. The SMILES string of the molecule is Nc1cc(F)cc(Br)c1OCc1ccc(Br)cc1Cl. The lowest BCUT2D eigenvalue weighted by atomic mass is 10.2. The summed E-state index contributed by atoms with van der Waals surface area (Å²) in [4.78, 5) is 0. The highest BCUT2D eigenvalue weighted by molar-refractivity contribution is 9.10. The van der Waals surface area contributed by atoms with Crippen molar-refractivity contribution in [3.8, 4) is 5.75 Å². The number of hydrogen-bond donors (Lipinski definition) is 1. The number of ether oxygens (including phenoxy) is 1. The van der Waals surface area contributed by atoms with Crippen LogP contribution in [0.5, 0.6) is 5.75 Å². The van der Waals surface area contributed by atoms with Gasteiger partial charge in [-0.2, -0.15) is 0 Å². The molecule has 2 aromatic rings. The molecule has 0 fully saturated rings. The number of benzene rings is 2. The second-order valence-corrected chi connectivity index (χ2v) is 6.01. The maximum absolute atomic E-state index is 13.1. The smallest absolute Gasteiger partial charge is 0.157 e. The van der Waals surface area contributed by atoms with E-state index in [9.17, 15) is 4.39 Å². The Bertz CT molecular complexity index is 599. The molecule has 0 heterocycles. The van der Waals surface area contributed by atoms with Gasteiger partial charge in [0.2, 0.25) is 0 Å². The Hall–Kier alpha value is -0.780. The second kappa shape index (κ2) is 6.11. The highest BCUT2D eigenvalue weighted by Gasteiger charge is 2.10. The van der Waals surface area contributed by atoms with Gasteiger partial charge in [-0.25, -0.2) is 4.39 Å². The van der Waals surface area contributed by atoms with Crippen LogP contribution in [-0.4, -0.2) is 0 Å². The molecule has 0 atom stereocenters. The van der Waals surface area contributed by atoms with Gasteiger partial charge in [0.1, 0.15) is 12.4 Å². The summed E-state index contributed by atoms with van der Waals surface area (Å²) >= 11 is 12.6. The van der Waals surface area contributed by atoms with E-state index in [1.807, 2.05) is 12.1 Å². The number of hydrogen-bond acceptors (Lipinski definition) is 2. The normalized spacial score (nSPS) is 10.5. The number of rotatable bonds is 3. The summed E-state index contributed by atoms with van der Waals surface area (Å²) in [6.45, 7) is 0.251. The van der Waals surface area contributed by atoms with Crippen LogP contribution < -0.4 is 10.5 Å². The van der Waals surface area contributed by atoms with E-state index in [-0.39, 0.29) is 12.3 Å². The van der Waals surface area contributed by atoms with Crippen molar-refractivity contribution in [3.05, 3.63) is 55.7 Å². The summed E-state index contributed by atoms with van der Waals surface area (Å²) in [5.74, 6) is -0.0150. The van der Waals surface area contributed by atoms with Gasteiger partial charge in [0.05, 0.1) is 10.2 Å². The van der Waals surface area contributed by atoms with Crippen molar-refractivity contribution in [2.75, 3.05) is 5.73 Å². The molecule has 19 heavy (non-hydrogen) atoms. The third-order valence-corrected chi connectivity index (χ3v) is 3.86. The first-order chi connectivity index (χ1) is 8.97. The summed E-state index contributed by atoms with van der Waals surface area (Å²) in [6, 6.07) is 8.01. The van der Waals surface area contributed by atoms with Crippen molar-refractivity contribution >= 4 is 49.1 Å². The van der Waals surface area contributed by atoms with Crippen molar-refractivity contribution < 1.29 is 9.13 Å². The predicted molar refractivity (Wildman–Crippen MR) is 82.0 cm³/mol. The Kier molecular flexibility index (Phi) is 4.71. The Labute approximate surface area is 132 Å². The molecule has 2 aromatic carbocycles. The fourth-order valence-corrected chi connectivity index (χ4v) is 2.81. The van der Waals surface area contributed by atoms with E-state index < -0.39 is 5.82 Å². The molecule has 0 amide bonds. The van der Waals surface area contributed by atoms with Gasteiger partial charge >= 0.3 is 0 Å². The maximum atomic E-state index is 13.1. The second-order valence-electron chi connectivity index (χ2n) is 3.83. The molecule has 0 aliphatic carbocycles. The van der Waals surface area contributed by atoms with Gasteiger partial charge in [-0.3, -0.25) is 0 Å². The van der Waals surface area contributed by atoms with Crippen LogP contribution in [-0.2, 0) is 6.61 Å². The zero-order chi connectivity index (χ0) is 14.0. The fourth-order valence-electron chi connectivity index (χ4n) is 1.52. The van der Waals surface area contributed by atoms with Gasteiger partial charge in [0.25, 0.3) is 0 Å². The number of halogens is 4. The van der Waals surface area contributed by atoms with E-state index in [2.05, 4.69) is 31.9 Å². The Morgan fingerprint density at radius 2 is 1.95 bits per heavy atom. The van der Waals surface area contributed by atoms with E-state index in [0.717, 1.165) is 10.0 Å². The van der Waals surface area contributed by atoms with Crippen LogP contribution in [0, 0.1) is 5.82 Å². The number of anilines is 1. The zero-order valence-electron chi connectivity index (χ0n) is 9.59. The number of nitrogen functional groups attached to an aromatic ring is 1. The number of nitrogens with two attached hydrogens (primary N) is 1. The lowest BCUT2D eigenvalue weighted by Crippen LogP contribution is -2.01. The van der Waals surface area contributed by atoms with Crippen molar-refractivity contribution in [2.45, 2.75) is 6.61 Å². The average molecular weight is 409 g/mol. The van der Waals surface area contributed by atoms with Crippen LogP contribution in [0.15, 0.2) is 39.3 Å². The molecule has 0 aliphatic heterocycles. The van der Waals surface area contributed by atoms with Gasteiger partial charge < -0.3 is 10.5 Å². The minimum absolute atomic E-state index is 0.236. The van der Waals surface area contributed by atoms with E-state index in [1.54, 1.807) is 6.07 Å². The van der Waals surface area contributed by atoms with Gasteiger partial charge in [0.15, 0.2) is 5.75 Å². The van der Waals surface area contributed by atoms with E-state index >= 15 is 0 Å². The van der Waals surface area contributed by atoms with E-state index in [4.69, 9.17) is 22.1 Å². The average Bonchev–Trinajstić information content (AvgIpc) is 2.30. The minimum Gasteiger partial charge on any atom is -0.485 e. The minimum atomic E-state index is -0.418. The van der Waals surface area contributed by atoms with Crippen LogP contribution in [0.2, 0.25) is 5.02 Å². The van der Waals surface area contributed by atoms with Gasteiger partial charge in [-0.1, -0.05) is 33.6 Å². The lowest BCUT2D eigenvalue weighted by Gasteiger charge is -2.12. The molecule has 0 unspecified atom stereocenters. The summed E-state index contributed by atoms with van der Waals surface area (Å²) in [6.07, 6.45) is 0. The molecule has 0 aliphatic rings. The summed E-state index contributed by atoms with van der Waals surface area (Å²) < 4.78 is 20.0. The van der Waals surface area contributed by atoms with Crippen LogP contribution in [0.25, 0.3) is 0 Å². The van der Waals surface area contributed by atoms with Crippen LogP contribution in [0.4, 0.5) is 10.1 Å². The van der Waals surface area contributed by atoms with E-state index in [0.29, 0.717) is 15.2 Å². The molecule has 6 heteroatoms. The van der Waals surface area contributed by atoms with Gasteiger partial charge in [-0.15, -0.1) is 0 Å². The van der Waals surface area contributed by atoms with Crippen molar-refractivity contribution in [1.29, 1.82) is 0 Å². The molecule has 0 aromatic heterocycles. The largest absolute Gasteiger partial charge is 0.485 e. The first-order valence-corrected chi connectivity index (χ1v) is 7.25. The molecule has 100 valence electrons. The quantitative estimate of drug-likeness (QED) is 0.711. The zero-order valence-corrected chi connectivity index (χ0v) is 13.5. The standard InChI is InChI=1S/C13H9Br2ClFNO/c14-8-2-1-7(11(16)3-8)6-19-13-10(15)4-9(17)5-12(13)18/h1-5H,6,18H2. The van der Waals surface area contributed by atoms with Crippen LogP contribution >= 0.6 is 43.5 Å². The Morgan fingerprint density at radius 3 is 2.58 bits per heavy atom. The topological polar surface area (TPSA) is 35.2 Å². The molecule has 2 nitrogen and oxygen atoms in total. The third-order valence-electron chi connectivity index (χ3n) is 2.42. The third kappa shape index (κ3) is 3.61. The first kappa shape index (κ1) is 14.6. The van der Waals surface area contributed by atoms with Crippen molar-refractivity contribution in [2.24, 2.45) is 0 Å². The predicted octanol–water partition coefficient (Wildman–Crippen LogP) is 5.17. The fraction of sp³-hybridized carbons (Fsp3) is 0.0769. The molecule has 0 saturated carbocycles. The van der Waals surface area contributed by atoms with Gasteiger partial charge in [-0.05, 0) is 34.1 Å². The molecular weight excluding hydrogens is 400 g/mol. The highest BCUT2D eigenvalue weighted by Crippen LogP contribution is 2.33. The highest BCUT2D eigenvalue weighted by atomic mass is 79.9. The molecular formula is C13H9Br2ClFNO. The monoisotopic (exact) mass is 407 g/mol. The van der Waals surface area contributed by atoms with Crippen molar-refractivity contribution in [3.63, 3.8) is 0 Å². The lowest BCUT2D eigenvalue weighted by molar-refractivity contribution is 0.305.